The lowest BCUT2D eigenvalue weighted by Gasteiger charge is -2.35. The first-order valence-corrected chi connectivity index (χ1v) is 8.26. The molecule has 0 radical (unpaired) electrons. The predicted molar refractivity (Wildman–Crippen MR) is 82.8 cm³/mol. The van der Waals surface area contributed by atoms with E-state index < -0.39 is 5.97 Å². The summed E-state index contributed by atoms with van der Waals surface area (Å²) in [7, 11) is 0. The summed E-state index contributed by atoms with van der Waals surface area (Å²) in [6, 6.07) is 3.62. The van der Waals surface area contributed by atoms with Crippen LogP contribution in [0.2, 0.25) is 4.34 Å². The summed E-state index contributed by atoms with van der Waals surface area (Å²) < 4.78 is 0.705. The van der Waals surface area contributed by atoms with E-state index in [0.717, 1.165) is 24.1 Å². The van der Waals surface area contributed by atoms with E-state index in [-0.39, 0.29) is 18.5 Å². The fourth-order valence-corrected chi connectivity index (χ4v) is 3.60. The Hall–Kier alpha value is -1.27. The first kappa shape index (κ1) is 16.1. The minimum Gasteiger partial charge on any atom is -0.481 e. The van der Waals surface area contributed by atoms with Gasteiger partial charge in [0.1, 0.15) is 0 Å². The van der Waals surface area contributed by atoms with Gasteiger partial charge in [-0.05, 0) is 37.8 Å². The zero-order chi connectivity index (χ0) is 15.2. The maximum absolute atomic E-state index is 12.3. The van der Waals surface area contributed by atoms with Crippen LogP contribution >= 0.6 is 22.9 Å². The minimum atomic E-state index is -0.811. The van der Waals surface area contributed by atoms with Gasteiger partial charge in [-0.1, -0.05) is 11.6 Å². The number of carboxylic acid groups (broad SMARTS) is 1. The molecule has 2 amide bonds. The quantitative estimate of drug-likeness (QED) is 0.870. The summed E-state index contributed by atoms with van der Waals surface area (Å²) in [5, 5.41) is 11.7. The van der Waals surface area contributed by atoms with E-state index in [0.29, 0.717) is 23.8 Å². The normalized spacial score (nSPS) is 18.5. The van der Waals surface area contributed by atoms with Crippen LogP contribution in [0.15, 0.2) is 12.1 Å². The standard InChI is InChI=1S/C14H19ClN2O3S/c15-12-6-5-11(21-12)9-16-14(20)17-8-2-1-3-10(17)4-7-13(18)19/h5-6,10H,1-4,7-9H2,(H,16,20)(H,18,19). The highest BCUT2D eigenvalue weighted by atomic mass is 35.5. The molecule has 2 N–H and O–H groups in total. The fourth-order valence-electron chi connectivity index (χ4n) is 2.57. The van der Waals surface area contributed by atoms with E-state index in [1.54, 1.807) is 4.90 Å². The summed E-state index contributed by atoms with van der Waals surface area (Å²) in [6.45, 7) is 1.15. The first-order valence-electron chi connectivity index (χ1n) is 7.06. The van der Waals surface area contributed by atoms with Crippen molar-refractivity contribution < 1.29 is 14.7 Å². The number of urea groups is 1. The Morgan fingerprint density at radius 1 is 1.43 bits per heavy atom. The van der Waals surface area contributed by atoms with Crippen molar-refractivity contribution >= 4 is 34.9 Å². The summed E-state index contributed by atoms with van der Waals surface area (Å²) in [6.07, 6.45) is 3.53. The minimum absolute atomic E-state index is 0.0294. The molecule has 1 saturated heterocycles. The molecular formula is C14H19ClN2O3S. The lowest BCUT2D eigenvalue weighted by Crippen LogP contribution is -2.48. The summed E-state index contributed by atoms with van der Waals surface area (Å²) in [4.78, 5) is 25.8. The molecule has 116 valence electrons. The zero-order valence-electron chi connectivity index (χ0n) is 11.7. The number of carbonyl (C=O) groups excluding carboxylic acids is 1. The second-order valence-corrected chi connectivity index (χ2v) is 6.94. The largest absolute Gasteiger partial charge is 0.481 e. The molecule has 2 rings (SSSR count). The molecule has 1 fully saturated rings. The van der Waals surface area contributed by atoms with Crippen molar-refractivity contribution in [3.63, 3.8) is 0 Å². The van der Waals surface area contributed by atoms with Gasteiger partial charge in [0.25, 0.3) is 0 Å². The second-order valence-electron chi connectivity index (χ2n) is 5.14. The summed E-state index contributed by atoms with van der Waals surface area (Å²) in [5.41, 5.74) is 0. The van der Waals surface area contributed by atoms with E-state index in [1.807, 2.05) is 12.1 Å². The molecule has 5 nitrogen and oxygen atoms in total. The lowest BCUT2D eigenvalue weighted by molar-refractivity contribution is -0.137. The Morgan fingerprint density at radius 2 is 2.24 bits per heavy atom. The highest BCUT2D eigenvalue weighted by Gasteiger charge is 2.26. The number of likely N-dealkylation sites (tertiary alicyclic amines) is 1. The third kappa shape index (κ3) is 4.89. The Labute approximate surface area is 132 Å². The molecule has 1 unspecified atom stereocenters. The maximum Gasteiger partial charge on any atom is 0.317 e. The number of carboxylic acids is 1. The SMILES string of the molecule is O=C(O)CCC1CCCCN1C(=O)NCc1ccc(Cl)s1. The topological polar surface area (TPSA) is 69.6 Å². The van der Waals surface area contributed by atoms with Crippen LogP contribution in [0.25, 0.3) is 0 Å². The number of nitrogens with one attached hydrogen (secondary N) is 1. The van der Waals surface area contributed by atoms with Crippen molar-refractivity contribution in [2.75, 3.05) is 6.54 Å². The van der Waals surface area contributed by atoms with E-state index in [4.69, 9.17) is 16.7 Å². The first-order chi connectivity index (χ1) is 10.1. The van der Waals surface area contributed by atoms with E-state index in [9.17, 15) is 9.59 Å². The van der Waals surface area contributed by atoms with Crippen LogP contribution in [0, 0.1) is 0 Å². The van der Waals surface area contributed by atoms with Crippen LogP contribution in [-0.2, 0) is 11.3 Å². The zero-order valence-corrected chi connectivity index (χ0v) is 13.3. The number of aliphatic carboxylic acids is 1. The van der Waals surface area contributed by atoms with Gasteiger partial charge in [0.05, 0.1) is 10.9 Å². The van der Waals surface area contributed by atoms with Gasteiger partial charge >= 0.3 is 12.0 Å². The molecule has 1 aromatic heterocycles. The smallest absolute Gasteiger partial charge is 0.317 e. The third-order valence-electron chi connectivity index (χ3n) is 3.62. The summed E-state index contributed by atoms with van der Waals surface area (Å²) in [5.74, 6) is -0.811. The van der Waals surface area contributed by atoms with Crippen molar-refractivity contribution in [1.82, 2.24) is 10.2 Å². The van der Waals surface area contributed by atoms with Crippen LogP contribution in [0.5, 0.6) is 0 Å². The van der Waals surface area contributed by atoms with E-state index >= 15 is 0 Å². The van der Waals surface area contributed by atoms with Gasteiger partial charge < -0.3 is 15.3 Å². The molecular weight excluding hydrogens is 312 g/mol. The maximum atomic E-state index is 12.3. The molecule has 0 aromatic carbocycles. The molecule has 1 aliphatic rings. The highest BCUT2D eigenvalue weighted by molar-refractivity contribution is 7.16. The van der Waals surface area contributed by atoms with Crippen molar-refractivity contribution in [2.45, 2.75) is 44.7 Å². The van der Waals surface area contributed by atoms with Crippen LogP contribution < -0.4 is 5.32 Å². The molecule has 7 heteroatoms. The van der Waals surface area contributed by atoms with Crippen LogP contribution in [0.1, 0.15) is 37.0 Å². The number of rotatable bonds is 5. The molecule has 0 bridgehead atoms. The molecule has 0 aliphatic carbocycles. The van der Waals surface area contributed by atoms with Crippen molar-refractivity contribution in [3.05, 3.63) is 21.3 Å². The third-order valence-corrected chi connectivity index (χ3v) is 4.85. The Kier molecular flexibility index (Phi) is 5.87. The van der Waals surface area contributed by atoms with Gasteiger partial charge in [-0.3, -0.25) is 4.79 Å². The van der Waals surface area contributed by atoms with E-state index in [1.165, 1.54) is 11.3 Å². The molecule has 1 aromatic rings. The Balaban J connectivity index is 1.87. The second kappa shape index (κ2) is 7.66. The van der Waals surface area contributed by atoms with Gasteiger partial charge in [0.15, 0.2) is 0 Å². The number of piperidine rings is 1. The fraction of sp³-hybridized carbons (Fsp3) is 0.571. The van der Waals surface area contributed by atoms with Gasteiger partial charge in [-0.15, -0.1) is 11.3 Å². The number of hydrogen-bond acceptors (Lipinski definition) is 3. The summed E-state index contributed by atoms with van der Waals surface area (Å²) >= 11 is 7.30. The number of thiophene rings is 1. The lowest BCUT2D eigenvalue weighted by atomic mass is 9.98. The van der Waals surface area contributed by atoms with Crippen LogP contribution in [0.3, 0.4) is 0 Å². The Morgan fingerprint density at radius 3 is 2.90 bits per heavy atom. The average Bonchev–Trinajstić information content (AvgIpc) is 2.88. The Bertz CT molecular complexity index is 506. The number of carbonyl (C=O) groups is 2. The van der Waals surface area contributed by atoms with Crippen molar-refractivity contribution in [3.8, 4) is 0 Å². The molecule has 0 saturated carbocycles. The number of nitrogens with zero attached hydrogens (tertiary/aromatic N) is 1. The van der Waals surface area contributed by atoms with Gasteiger partial charge in [0.2, 0.25) is 0 Å². The number of hydrogen-bond donors (Lipinski definition) is 2. The average molecular weight is 331 g/mol. The van der Waals surface area contributed by atoms with Gasteiger partial charge in [-0.25, -0.2) is 4.79 Å². The molecule has 1 aliphatic heterocycles. The van der Waals surface area contributed by atoms with Crippen LogP contribution in [0.4, 0.5) is 4.79 Å². The molecule has 21 heavy (non-hydrogen) atoms. The monoisotopic (exact) mass is 330 g/mol. The van der Waals surface area contributed by atoms with Crippen molar-refractivity contribution in [2.24, 2.45) is 0 Å². The van der Waals surface area contributed by atoms with Crippen molar-refractivity contribution in [1.29, 1.82) is 0 Å². The van der Waals surface area contributed by atoms with Gasteiger partial charge in [0, 0.05) is 23.9 Å². The van der Waals surface area contributed by atoms with Gasteiger partial charge in [-0.2, -0.15) is 0 Å². The molecule has 2 heterocycles. The van der Waals surface area contributed by atoms with E-state index in [2.05, 4.69) is 5.32 Å². The molecule has 0 spiro atoms. The predicted octanol–water partition coefficient (Wildman–Crippen LogP) is 3.33. The number of amides is 2. The number of halogens is 1. The molecule has 1 atom stereocenters. The highest BCUT2D eigenvalue weighted by Crippen LogP contribution is 2.23. The van der Waals surface area contributed by atoms with Crippen LogP contribution in [-0.4, -0.2) is 34.6 Å².